The molecule has 0 radical (unpaired) electrons. The summed E-state index contributed by atoms with van der Waals surface area (Å²) in [6.45, 7) is 0.836. The third kappa shape index (κ3) is 5.75. The molecule has 0 aliphatic rings. The first-order chi connectivity index (χ1) is 12.5. The Hall–Kier alpha value is -2.57. The topological polar surface area (TPSA) is 81.9 Å². The van der Waals surface area contributed by atoms with Crippen LogP contribution in [0.3, 0.4) is 0 Å². The number of benzene rings is 2. The lowest BCUT2D eigenvalue weighted by molar-refractivity contribution is -0.135. The molecule has 0 atom stereocenters. The number of nitrogens with two attached hydrogens (primary N) is 1. The number of hydrogen-bond donors (Lipinski definition) is 1. The number of carbonyl (C=O) groups excluding carboxylic acids is 2. The summed E-state index contributed by atoms with van der Waals surface area (Å²) in [6, 6.07) is 14.0. The number of hydrogen-bond acceptors (Lipinski definition) is 5. The summed E-state index contributed by atoms with van der Waals surface area (Å²) < 4.78 is 10.2. The van der Waals surface area contributed by atoms with Crippen LogP contribution in [0.1, 0.15) is 15.9 Å². The average Bonchev–Trinajstić information content (AvgIpc) is 2.65. The fourth-order valence-corrected chi connectivity index (χ4v) is 2.39. The molecule has 2 aromatic rings. The Morgan fingerprint density at radius 3 is 2.54 bits per heavy atom. The van der Waals surface area contributed by atoms with E-state index < -0.39 is 5.97 Å². The van der Waals surface area contributed by atoms with Crippen molar-refractivity contribution in [2.24, 2.45) is 0 Å². The first kappa shape index (κ1) is 19.8. The first-order valence-corrected chi connectivity index (χ1v) is 8.42. The number of anilines is 1. The van der Waals surface area contributed by atoms with Crippen molar-refractivity contribution in [1.29, 1.82) is 0 Å². The van der Waals surface area contributed by atoms with Gasteiger partial charge in [0.25, 0.3) is 5.91 Å². The van der Waals surface area contributed by atoms with Gasteiger partial charge in [0.15, 0.2) is 6.61 Å². The molecule has 2 rings (SSSR count). The zero-order valence-electron chi connectivity index (χ0n) is 14.5. The molecule has 0 saturated carbocycles. The largest absolute Gasteiger partial charge is 0.452 e. The molecule has 0 heterocycles. The normalized spacial score (nSPS) is 10.4. The highest BCUT2D eigenvalue weighted by Crippen LogP contribution is 2.20. The molecule has 7 heteroatoms. The fourth-order valence-electron chi connectivity index (χ4n) is 2.27. The predicted molar refractivity (Wildman–Crippen MR) is 99.9 cm³/mol. The van der Waals surface area contributed by atoms with Gasteiger partial charge in [-0.25, -0.2) is 4.79 Å². The molecule has 1 amide bonds. The lowest BCUT2D eigenvalue weighted by Crippen LogP contribution is -2.36. The van der Waals surface area contributed by atoms with E-state index in [4.69, 9.17) is 26.8 Å². The number of ether oxygens (including phenoxy) is 2. The molecule has 26 heavy (non-hydrogen) atoms. The van der Waals surface area contributed by atoms with Crippen LogP contribution in [-0.4, -0.2) is 43.6 Å². The van der Waals surface area contributed by atoms with Gasteiger partial charge < -0.3 is 20.1 Å². The molecule has 0 aliphatic carbocycles. The van der Waals surface area contributed by atoms with Gasteiger partial charge in [-0.15, -0.1) is 0 Å². The molecule has 2 N–H and O–H groups in total. The molecule has 0 aliphatic heterocycles. The van der Waals surface area contributed by atoms with Gasteiger partial charge in [0.2, 0.25) is 0 Å². The van der Waals surface area contributed by atoms with Crippen LogP contribution in [0.25, 0.3) is 0 Å². The second-order valence-electron chi connectivity index (χ2n) is 5.61. The number of rotatable bonds is 8. The molecule has 0 spiro atoms. The Morgan fingerprint density at radius 2 is 1.88 bits per heavy atom. The van der Waals surface area contributed by atoms with Crippen LogP contribution in [0.4, 0.5) is 5.69 Å². The number of carbonyl (C=O) groups is 2. The van der Waals surface area contributed by atoms with Gasteiger partial charge >= 0.3 is 5.97 Å². The standard InChI is InChI=1S/C19H21ClN2O4/c1-25-10-9-22(12-14-5-3-2-4-6-14)18(23)13-26-19(24)15-7-8-16(20)17(21)11-15/h2-8,11H,9-10,12-13,21H2,1H3. The number of amides is 1. The lowest BCUT2D eigenvalue weighted by atomic mass is 10.2. The van der Waals surface area contributed by atoms with Crippen molar-refractivity contribution in [2.75, 3.05) is 32.6 Å². The van der Waals surface area contributed by atoms with Crippen molar-refractivity contribution in [3.8, 4) is 0 Å². The minimum atomic E-state index is -0.631. The van der Waals surface area contributed by atoms with Gasteiger partial charge in [-0.05, 0) is 23.8 Å². The summed E-state index contributed by atoms with van der Waals surface area (Å²) in [7, 11) is 1.57. The predicted octanol–water partition coefficient (Wildman–Crippen LogP) is 2.75. The van der Waals surface area contributed by atoms with Crippen LogP contribution in [0, 0.1) is 0 Å². The van der Waals surface area contributed by atoms with Crippen molar-refractivity contribution in [3.63, 3.8) is 0 Å². The van der Waals surface area contributed by atoms with Crippen LogP contribution in [0.5, 0.6) is 0 Å². The smallest absolute Gasteiger partial charge is 0.338 e. The van der Waals surface area contributed by atoms with E-state index in [1.807, 2.05) is 30.3 Å². The van der Waals surface area contributed by atoms with Gasteiger partial charge in [0.1, 0.15) is 0 Å². The highest BCUT2D eigenvalue weighted by molar-refractivity contribution is 6.33. The van der Waals surface area contributed by atoms with Crippen LogP contribution in [0.15, 0.2) is 48.5 Å². The molecule has 0 unspecified atom stereocenters. The molecule has 0 fully saturated rings. The fraction of sp³-hybridized carbons (Fsp3) is 0.263. The molecule has 6 nitrogen and oxygen atoms in total. The summed E-state index contributed by atoms with van der Waals surface area (Å²) in [5.41, 5.74) is 7.17. The Kier molecular flexibility index (Phi) is 7.44. The molecule has 138 valence electrons. The van der Waals surface area contributed by atoms with Gasteiger partial charge in [-0.1, -0.05) is 41.9 Å². The number of nitrogen functional groups attached to an aromatic ring is 1. The molecular weight excluding hydrogens is 356 g/mol. The Morgan fingerprint density at radius 1 is 1.15 bits per heavy atom. The van der Waals surface area contributed by atoms with Crippen molar-refractivity contribution >= 4 is 29.2 Å². The quantitative estimate of drug-likeness (QED) is 0.566. The maximum Gasteiger partial charge on any atom is 0.338 e. The molecule has 0 bridgehead atoms. The van der Waals surface area contributed by atoms with Gasteiger partial charge in [-0.2, -0.15) is 0 Å². The van der Waals surface area contributed by atoms with Gasteiger partial charge in [0.05, 0.1) is 22.9 Å². The second-order valence-corrected chi connectivity index (χ2v) is 6.01. The van der Waals surface area contributed by atoms with Crippen LogP contribution in [-0.2, 0) is 20.8 Å². The number of halogens is 1. The van der Waals surface area contributed by atoms with E-state index in [1.165, 1.54) is 18.2 Å². The van der Waals surface area contributed by atoms with Gasteiger partial charge in [-0.3, -0.25) is 4.79 Å². The molecule has 2 aromatic carbocycles. The summed E-state index contributed by atoms with van der Waals surface area (Å²) in [4.78, 5) is 26.1. The summed E-state index contributed by atoms with van der Waals surface area (Å²) in [5.74, 6) is -0.936. The second kappa shape index (κ2) is 9.79. The van der Waals surface area contributed by atoms with Crippen LogP contribution >= 0.6 is 11.6 Å². The number of esters is 1. The Bertz CT molecular complexity index is 752. The van der Waals surface area contributed by atoms with E-state index >= 15 is 0 Å². The minimum absolute atomic E-state index is 0.242. The Balaban J connectivity index is 1.97. The monoisotopic (exact) mass is 376 g/mol. The van der Waals surface area contributed by atoms with E-state index in [0.717, 1.165) is 5.56 Å². The molecule has 0 aromatic heterocycles. The summed E-state index contributed by atoms with van der Waals surface area (Å²) in [5, 5.41) is 0.353. The highest BCUT2D eigenvalue weighted by atomic mass is 35.5. The van der Waals surface area contributed by atoms with Crippen molar-refractivity contribution < 1.29 is 19.1 Å². The van der Waals surface area contributed by atoms with Crippen LogP contribution in [0.2, 0.25) is 5.02 Å². The van der Waals surface area contributed by atoms with E-state index in [-0.39, 0.29) is 23.8 Å². The first-order valence-electron chi connectivity index (χ1n) is 8.04. The minimum Gasteiger partial charge on any atom is -0.452 e. The number of nitrogens with zero attached hydrogens (tertiary/aromatic N) is 1. The van der Waals surface area contributed by atoms with Crippen LogP contribution < -0.4 is 5.73 Å². The van der Waals surface area contributed by atoms with E-state index in [9.17, 15) is 9.59 Å². The van der Waals surface area contributed by atoms with E-state index in [0.29, 0.717) is 24.7 Å². The highest BCUT2D eigenvalue weighted by Gasteiger charge is 2.17. The van der Waals surface area contributed by atoms with E-state index in [2.05, 4.69) is 0 Å². The zero-order chi connectivity index (χ0) is 18.9. The lowest BCUT2D eigenvalue weighted by Gasteiger charge is -2.22. The maximum atomic E-state index is 12.5. The third-order valence-corrected chi connectivity index (χ3v) is 4.04. The average molecular weight is 377 g/mol. The Labute approximate surface area is 157 Å². The van der Waals surface area contributed by atoms with Crippen molar-refractivity contribution in [3.05, 3.63) is 64.7 Å². The maximum absolute atomic E-state index is 12.5. The zero-order valence-corrected chi connectivity index (χ0v) is 15.2. The number of methoxy groups -OCH3 is 1. The summed E-state index contributed by atoms with van der Waals surface area (Å²) in [6.07, 6.45) is 0. The third-order valence-electron chi connectivity index (χ3n) is 3.69. The van der Waals surface area contributed by atoms with Crippen molar-refractivity contribution in [2.45, 2.75) is 6.54 Å². The van der Waals surface area contributed by atoms with Crippen molar-refractivity contribution in [1.82, 2.24) is 4.90 Å². The molecular formula is C19H21ClN2O4. The van der Waals surface area contributed by atoms with Gasteiger partial charge in [0, 0.05) is 20.2 Å². The SMILES string of the molecule is COCCN(Cc1ccccc1)C(=O)COC(=O)c1ccc(Cl)c(N)c1. The summed E-state index contributed by atoms with van der Waals surface area (Å²) >= 11 is 5.83. The molecule has 0 saturated heterocycles. The van der Waals surface area contributed by atoms with E-state index in [1.54, 1.807) is 12.0 Å².